The lowest BCUT2D eigenvalue weighted by Gasteiger charge is -2.35. The Kier molecular flexibility index (Phi) is 4.54. The lowest BCUT2D eigenvalue weighted by Crippen LogP contribution is -2.51. The van der Waals surface area contributed by atoms with E-state index in [-0.39, 0.29) is 24.2 Å². The van der Waals surface area contributed by atoms with Crippen molar-refractivity contribution in [1.82, 2.24) is 15.0 Å². The van der Waals surface area contributed by atoms with Crippen molar-refractivity contribution in [3.63, 3.8) is 0 Å². The fraction of sp³-hybridized carbons (Fsp3) is 0.348. The van der Waals surface area contributed by atoms with Crippen LogP contribution in [0.5, 0.6) is 0 Å². The van der Waals surface area contributed by atoms with Gasteiger partial charge in [-0.2, -0.15) is 0 Å². The number of amides is 2. The number of para-hydroxylation sites is 1. The molecule has 29 heavy (non-hydrogen) atoms. The molecule has 2 aromatic carbocycles. The molecule has 2 aliphatic rings. The third kappa shape index (κ3) is 3.50. The Morgan fingerprint density at radius 3 is 2.41 bits per heavy atom. The van der Waals surface area contributed by atoms with Crippen LogP contribution in [0, 0.1) is 5.92 Å². The smallest absolute Gasteiger partial charge is 0.228 e. The van der Waals surface area contributed by atoms with Crippen LogP contribution in [0.4, 0.5) is 0 Å². The van der Waals surface area contributed by atoms with Crippen LogP contribution in [0.1, 0.15) is 23.6 Å². The number of piperazine rings is 1. The standard InChI is InChI=1S/C23H23N3O3/c27-22(15-20-17-8-4-5-9-21(17)29-24-20)25-10-12-26(13-11-25)23(28)19-14-18(19)16-6-2-1-3-7-16/h1-9,18-19H,10-15H2. The maximum atomic E-state index is 12.8. The normalized spacial score (nSPS) is 21.4. The molecule has 6 heteroatoms. The maximum Gasteiger partial charge on any atom is 0.228 e. The monoisotopic (exact) mass is 389 g/mol. The lowest BCUT2D eigenvalue weighted by molar-refractivity contribution is -0.140. The van der Waals surface area contributed by atoms with Crippen LogP contribution in [-0.2, 0) is 16.0 Å². The first kappa shape index (κ1) is 17.9. The predicted molar refractivity (Wildman–Crippen MR) is 108 cm³/mol. The first-order chi connectivity index (χ1) is 14.2. The minimum atomic E-state index is 0.0322. The zero-order valence-corrected chi connectivity index (χ0v) is 16.2. The van der Waals surface area contributed by atoms with E-state index in [1.165, 1.54) is 5.56 Å². The molecule has 2 amide bonds. The van der Waals surface area contributed by atoms with Crippen LogP contribution in [0.15, 0.2) is 59.1 Å². The second-order valence-corrected chi connectivity index (χ2v) is 7.87. The van der Waals surface area contributed by atoms with Gasteiger partial charge in [0.25, 0.3) is 0 Å². The Hall–Kier alpha value is -3.15. The summed E-state index contributed by atoms with van der Waals surface area (Å²) in [5, 5.41) is 4.94. The van der Waals surface area contributed by atoms with E-state index >= 15 is 0 Å². The Balaban J connectivity index is 1.15. The molecule has 1 saturated heterocycles. The molecule has 0 N–H and O–H groups in total. The Bertz CT molecular complexity index is 1040. The highest BCUT2D eigenvalue weighted by Crippen LogP contribution is 2.48. The molecule has 1 aromatic heterocycles. The topological polar surface area (TPSA) is 66.7 Å². The summed E-state index contributed by atoms with van der Waals surface area (Å²) in [6.45, 7) is 2.34. The van der Waals surface area contributed by atoms with E-state index in [4.69, 9.17) is 4.52 Å². The molecular weight excluding hydrogens is 366 g/mol. The number of aromatic nitrogens is 1. The van der Waals surface area contributed by atoms with Crippen molar-refractivity contribution in [2.45, 2.75) is 18.8 Å². The highest BCUT2D eigenvalue weighted by molar-refractivity contribution is 5.87. The van der Waals surface area contributed by atoms with Crippen molar-refractivity contribution in [2.24, 2.45) is 5.92 Å². The Labute approximate surface area is 169 Å². The van der Waals surface area contributed by atoms with Crippen LogP contribution in [0.3, 0.4) is 0 Å². The predicted octanol–water partition coefficient (Wildman–Crippen LogP) is 2.84. The van der Waals surface area contributed by atoms with Gasteiger partial charge in [0.2, 0.25) is 11.8 Å². The number of carbonyl (C=O) groups is 2. The zero-order chi connectivity index (χ0) is 19.8. The van der Waals surface area contributed by atoms with Crippen molar-refractivity contribution in [2.75, 3.05) is 26.2 Å². The van der Waals surface area contributed by atoms with Crippen LogP contribution in [-0.4, -0.2) is 52.9 Å². The minimum absolute atomic E-state index is 0.0322. The van der Waals surface area contributed by atoms with E-state index in [1.54, 1.807) is 0 Å². The Morgan fingerprint density at radius 1 is 0.931 bits per heavy atom. The SMILES string of the molecule is O=C(Cc1noc2ccccc12)N1CCN(C(=O)C2CC2c2ccccc2)CC1. The molecule has 1 aliphatic heterocycles. The van der Waals surface area contributed by atoms with Gasteiger partial charge in [0.05, 0.1) is 6.42 Å². The van der Waals surface area contributed by atoms with Gasteiger partial charge in [-0.05, 0) is 30.0 Å². The summed E-state index contributed by atoms with van der Waals surface area (Å²) in [5.41, 5.74) is 2.62. The molecule has 0 radical (unpaired) electrons. The molecule has 3 aromatic rings. The molecule has 2 fully saturated rings. The first-order valence-corrected chi connectivity index (χ1v) is 10.2. The number of hydrogen-bond acceptors (Lipinski definition) is 4. The molecule has 2 heterocycles. The van der Waals surface area contributed by atoms with Crippen LogP contribution in [0.25, 0.3) is 11.0 Å². The molecule has 0 bridgehead atoms. The molecule has 148 valence electrons. The molecule has 0 spiro atoms. The summed E-state index contributed by atoms with van der Waals surface area (Å²) in [6.07, 6.45) is 1.16. The molecule has 5 rings (SSSR count). The molecule has 1 saturated carbocycles. The van der Waals surface area contributed by atoms with Gasteiger partial charge in [0.15, 0.2) is 5.58 Å². The van der Waals surface area contributed by atoms with Gasteiger partial charge in [-0.1, -0.05) is 47.6 Å². The van der Waals surface area contributed by atoms with Crippen LogP contribution in [0.2, 0.25) is 0 Å². The minimum Gasteiger partial charge on any atom is -0.356 e. The van der Waals surface area contributed by atoms with Crippen molar-refractivity contribution < 1.29 is 14.1 Å². The molecule has 6 nitrogen and oxygen atoms in total. The number of rotatable bonds is 4. The second-order valence-electron chi connectivity index (χ2n) is 7.87. The van der Waals surface area contributed by atoms with E-state index in [2.05, 4.69) is 17.3 Å². The maximum absolute atomic E-state index is 12.8. The number of carbonyl (C=O) groups excluding carboxylic acids is 2. The summed E-state index contributed by atoms with van der Waals surface area (Å²) in [7, 11) is 0. The average molecular weight is 389 g/mol. The van der Waals surface area contributed by atoms with Crippen molar-refractivity contribution >= 4 is 22.8 Å². The summed E-state index contributed by atoms with van der Waals surface area (Å²) in [6, 6.07) is 17.8. The van der Waals surface area contributed by atoms with Crippen molar-refractivity contribution in [3.05, 3.63) is 65.9 Å². The third-order valence-electron chi connectivity index (χ3n) is 6.05. The highest BCUT2D eigenvalue weighted by atomic mass is 16.5. The summed E-state index contributed by atoms with van der Waals surface area (Å²) >= 11 is 0. The van der Waals surface area contributed by atoms with Gasteiger partial charge >= 0.3 is 0 Å². The van der Waals surface area contributed by atoms with Crippen molar-refractivity contribution in [1.29, 1.82) is 0 Å². The van der Waals surface area contributed by atoms with Gasteiger partial charge in [0, 0.05) is 37.5 Å². The largest absolute Gasteiger partial charge is 0.356 e. The molecular formula is C23H23N3O3. The zero-order valence-electron chi connectivity index (χ0n) is 16.2. The molecule has 2 unspecified atom stereocenters. The van der Waals surface area contributed by atoms with Gasteiger partial charge in [-0.15, -0.1) is 0 Å². The number of fused-ring (bicyclic) bond motifs is 1. The van der Waals surface area contributed by atoms with E-state index < -0.39 is 0 Å². The van der Waals surface area contributed by atoms with Gasteiger partial charge in [-0.25, -0.2) is 0 Å². The quantitative estimate of drug-likeness (QED) is 0.688. The van der Waals surface area contributed by atoms with Gasteiger partial charge in [-0.3, -0.25) is 9.59 Å². The van der Waals surface area contributed by atoms with Crippen LogP contribution < -0.4 is 0 Å². The number of benzene rings is 2. The van der Waals surface area contributed by atoms with Crippen molar-refractivity contribution in [3.8, 4) is 0 Å². The average Bonchev–Trinajstić information content (AvgIpc) is 3.49. The lowest BCUT2D eigenvalue weighted by atomic mass is 10.1. The van der Waals surface area contributed by atoms with E-state index in [0.717, 1.165) is 11.8 Å². The second kappa shape index (κ2) is 7.35. The first-order valence-electron chi connectivity index (χ1n) is 10.2. The van der Waals surface area contributed by atoms with Crippen LogP contribution >= 0.6 is 0 Å². The molecule has 2 atom stereocenters. The third-order valence-corrected chi connectivity index (χ3v) is 6.05. The fourth-order valence-electron chi connectivity index (χ4n) is 4.27. The number of hydrogen-bond donors (Lipinski definition) is 0. The Morgan fingerprint density at radius 2 is 1.62 bits per heavy atom. The van der Waals surface area contributed by atoms with Gasteiger partial charge in [0.1, 0.15) is 5.69 Å². The fourth-order valence-corrected chi connectivity index (χ4v) is 4.27. The number of nitrogens with zero attached hydrogens (tertiary/aromatic N) is 3. The van der Waals surface area contributed by atoms with Gasteiger partial charge < -0.3 is 14.3 Å². The van der Waals surface area contributed by atoms with E-state index in [9.17, 15) is 9.59 Å². The van der Waals surface area contributed by atoms with E-state index in [0.29, 0.717) is 43.4 Å². The van der Waals surface area contributed by atoms with E-state index in [1.807, 2.05) is 52.3 Å². The molecule has 1 aliphatic carbocycles. The summed E-state index contributed by atoms with van der Waals surface area (Å²) in [4.78, 5) is 29.3. The summed E-state index contributed by atoms with van der Waals surface area (Å²) < 4.78 is 5.29. The highest BCUT2D eigenvalue weighted by Gasteiger charge is 2.46. The summed E-state index contributed by atoms with van der Waals surface area (Å²) in [5.74, 6) is 0.711.